The van der Waals surface area contributed by atoms with Crippen LogP contribution in [0.2, 0.25) is 0 Å². The molecule has 6 nitrogen and oxygen atoms in total. The van der Waals surface area contributed by atoms with E-state index in [1.165, 1.54) is 12.0 Å². The highest BCUT2D eigenvalue weighted by atomic mass is 35.5. The van der Waals surface area contributed by atoms with Crippen LogP contribution in [0.25, 0.3) is 0 Å². The fourth-order valence-electron chi connectivity index (χ4n) is 2.46. The number of ether oxygens (including phenoxy) is 1. The number of methoxy groups -OCH3 is 1. The van der Waals surface area contributed by atoms with Gasteiger partial charge < -0.3 is 15.4 Å². The van der Waals surface area contributed by atoms with E-state index in [4.69, 9.17) is 10.5 Å². The van der Waals surface area contributed by atoms with Crippen LogP contribution in [-0.4, -0.2) is 46.1 Å². The third kappa shape index (κ3) is 4.34. The highest BCUT2D eigenvalue weighted by Crippen LogP contribution is 2.31. The summed E-state index contributed by atoms with van der Waals surface area (Å²) in [5, 5.41) is 0. The van der Waals surface area contributed by atoms with Gasteiger partial charge in [0.1, 0.15) is 5.75 Å². The first-order chi connectivity index (χ1) is 9.94. The zero-order valence-electron chi connectivity index (χ0n) is 12.4. The number of carbonyl (C=O) groups is 1. The number of halogens is 1. The summed E-state index contributed by atoms with van der Waals surface area (Å²) in [6, 6.07) is 5.38. The van der Waals surface area contributed by atoms with Gasteiger partial charge in [-0.3, -0.25) is 4.79 Å². The van der Waals surface area contributed by atoms with E-state index in [1.807, 2.05) is 6.07 Å². The molecule has 1 heterocycles. The Labute approximate surface area is 136 Å². The summed E-state index contributed by atoms with van der Waals surface area (Å²) in [5.74, 6) is -1.05. The Kier molecular flexibility index (Phi) is 6.65. The van der Waals surface area contributed by atoms with E-state index in [1.54, 1.807) is 12.1 Å². The third-order valence-electron chi connectivity index (χ3n) is 3.53. The molecule has 0 fully saturated rings. The molecular formula is C14H21ClN2O4S. The van der Waals surface area contributed by atoms with E-state index in [9.17, 15) is 13.2 Å². The van der Waals surface area contributed by atoms with Crippen molar-refractivity contribution in [2.45, 2.75) is 12.8 Å². The molecule has 8 heteroatoms. The largest absolute Gasteiger partial charge is 0.398 e. The number of carbonyl (C=O) groups excluding carboxylic acids is 1. The van der Waals surface area contributed by atoms with Gasteiger partial charge >= 0.3 is 0 Å². The number of hydrogen-bond acceptors (Lipinski definition) is 5. The molecule has 0 radical (unpaired) electrons. The topological polar surface area (TPSA) is 89.7 Å². The van der Waals surface area contributed by atoms with Crippen molar-refractivity contribution in [1.82, 2.24) is 0 Å². The van der Waals surface area contributed by atoms with Gasteiger partial charge in [0.25, 0.3) is 0 Å². The molecule has 2 N–H and O–H groups in total. The zero-order valence-corrected chi connectivity index (χ0v) is 14.1. The van der Waals surface area contributed by atoms with Crippen LogP contribution in [0.1, 0.15) is 12.0 Å². The molecule has 1 aliphatic heterocycles. The van der Waals surface area contributed by atoms with E-state index >= 15 is 0 Å². The molecule has 1 amide bonds. The molecular weight excluding hydrogens is 328 g/mol. The van der Waals surface area contributed by atoms with Gasteiger partial charge in [-0.05, 0) is 30.5 Å². The second-order valence-electron chi connectivity index (χ2n) is 5.08. The van der Waals surface area contributed by atoms with Gasteiger partial charge in [0.2, 0.25) is 5.91 Å². The highest BCUT2D eigenvalue weighted by Gasteiger charge is 2.27. The summed E-state index contributed by atoms with van der Waals surface area (Å²) in [7, 11) is -2.02. The van der Waals surface area contributed by atoms with Crippen LogP contribution >= 0.6 is 12.4 Å². The molecule has 22 heavy (non-hydrogen) atoms. The van der Waals surface area contributed by atoms with Crippen molar-refractivity contribution in [3.8, 4) is 0 Å². The second-order valence-corrected chi connectivity index (χ2v) is 7.26. The molecule has 124 valence electrons. The smallest absolute Gasteiger partial charge is 0.242 e. The minimum Gasteiger partial charge on any atom is -0.398 e. The number of anilines is 2. The van der Waals surface area contributed by atoms with Crippen LogP contribution in [0, 0.1) is 0 Å². The van der Waals surface area contributed by atoms with Crippen LogP contribution in [0.4, 0.5) is 11.4 Å². The Morgan fingerprint density at radius 2 is 2.14 bits per heavy atom. The molecule has 0 aromatic heterocycles. The number of rotatable bonds is 5. The minimum atomic E-state index is -3.45. The van der Waals surface area contributed by atoms with Crippen LogP contribution in [0.5, 0.6) is 0 Å². The number of nitrogens with zero attached hydrogens (tertiary/aromatic N) is 1. The number of sulfone groups is 1. The number of hydrogen-bond donors (Lipinski definition) is 1. The molecule has 1 aromatic carbocycles. The SMILES string of the molecule is COCCS(=O)(=O)CC(=O)N1CCCc2c(N)cccc21.Cl. The van der Waals surface area contributed by atoms with E-state index in [-0.39, 0.29) is 24.8 Å². The van der Waals surface area contributed by atoms with Crippen molar-refractivity contribution in [2.75, 3.05) is 42.4 Å². The summed E-state index contributed by atoms with van der Waals surface area (Å²) in [4.78, 5) is 13.8. The first-order valence-electron chi connectivity index (χ1n) is 6.81. The Hall–Kier alpha value is -1.31. The van der Waals surface area contributed by atoms with E-state index < -0.39 is 21.5 Å². The van der Waals surface area contributed by atoms with Crippen molar-refractivity contribution in [1.29, 1.82) is 0 Å². The predicted octanol–water partition coefficient (Wildman–Crippen LogP) is 1.03. The van der Waals surface area contributed by atoms with Gasteiger partial charge in [-0.1, -0.05) is 6.07 Å². The van der Waals surface area contributed by atoms with Crippen LogP contribution < -0.4 is 10.6 Å². The summed E-state index contributed by atoms with van der Waals surface area (Å²) >= 11 is 0. The number of benzene rings is 1. The number of amides is 1. The first-order valence-corrected chi connectivity index (χ1v) is 8.64. The fraction of sp³-hybridized carbons (Fsp3) is 0.500. The van der Waals surface area contributed by atoms with E-state index in [0.29, 0.717) is 12.2 Å². The standard InChI is InChI=1S/C14H20N2O4S.ClH/c1-20-8-9-21(18,19)10-14(17)16-7-3-4-11-12(15)5-2-6-13(11)16;/h2,5-6H,3-4,7-10,15H2,1H3;1H. The first kappa shape index (κ1) is 18.7. The van der Waals surface area contributed by atoms with E-state index in [2.05, 4.69) is 0 Å². The average molecular weight is 349 g/mol. The van der Waals surface area contributed by atoms with Gasteiger partial charge in [0, 0.05) is 25.0 Å². The minimum absolute atomic E-state index is 0. The van der Waals surface area contributed by atoms with Gasteiger partial charge in [0.15, 0.2) is 9.84 Å². The molecule has 1 aliphatic rings. The van der Waals surface area contributed by atoms with Crippen molar-refractivity contribution >= 4 is 39.5 Å². The maximum atomic E-state index is 12.3. The van der Waals surface area contributed by atoms with Crippen molar-refractivity contribution < 1.29 is 17.9 Å². The summed E-state index contributed by atoms with van der Waals surface area (Å²) in [6.45, 7) is 0.619. The van der Waals surface area contributed by atoms with Crippen molar-refractivity contribution in [3.63, 3.8) is 0 Å². The summed E-state index contributed by atoms with van der Waals surface area (Å²) in [5.41, 5.74) is 8.22. The predicted molar refractivity (Wildman–Crippen MR) is 89.3 cm³/mol. The maximum absolute atomic E-state index is 12.3. The van der Waals surface area contributed by atoms with Gasteiger partial charge in [-0.2, -0.15) is 0 Å². The molecule has 0 unspecified atom stereocenters. The Balaban J connectivity index is 0.00000242. The Morgan fingerprint density at radius 1 is 1.41 bits per heavy atom. The highest BCUT2D eigenvalue weighted by molar-refractivity contribution is 7.92. The molecule has 0 bridgehead atoms. The monoisotopic (exact) mass is 348 g/mol. The quantitative estimate of drug-likeness (QED) is 0.803. The van der Waals surface area contributed by atoms with Crippen LogP contribution in [0.3, 0.4) is 0 Å². The summed E-state index contributed by atoms with van der Waals surface area (Å²) in [6.07, 6.45) is 1.59. The molecule has 2 rings (SSSR count). The molecule has 0 saturated carbocycles. The van der Waals surface area contributed by atoms with Crippen molar-refractivity contribution in [3.05, 3.63) is 23.8 Å². The van der Waals surface area contributed by atoms with Gasteiger partial charge in [0.05, 0.1) is 12.4 Å². The lowest BCUT2D eigenvalue weighted by Crippen LogP contribution is -2.40. The third-order valence-corrected chi connectivity index (χ3v) is 5.01. The molecule has 0 atom stereocenters. The maximum Gasteiger partial charge on any atom is 0.242 e. The number of fused-ring (bicyclic) bond motifs is 1. The average Bonchev–Trinajstić information content (AvgIpc) is 2.44. The van der Waals surface area contributed by atoms with Gasteiger partial charge in [-0.15, -0.1) is 12.4 Å². The van der Waals surface area contributed by atoms with Crippen LogP contribution in [0.15, 0.2) is 18.2 Å². The fourth-order valence-corrected chi connectivity index (χ4v) is 3.56. The van der Waals surface area contributed by atoms with Crippen LogP contribution in [-0.2, 0) is 25.8 Å². The second kappa shape index (κ2) is 7.80. The lowest BCUT2D eigenvalue weighted by Gasteiger charge is -2.30. The Bertz CT molecular complexity index is 634. The summed E-state index contributed by atoms with van der Waals surface area (Å²) < 4.78 is 28.5. The normalized spacial score (nSPS) is 14.1. The molecule has 0 spiro atoms. The zero-order chi connectivity index (χ0) is 15.5. The van der Waals surface area contributed by atoms with Crippen molar-refractivity contribution in [2.24, 2.45) is 0 Å². The van der Waals surface area contributed by atoms with E-state index in [0.717, 1.165) is 24.1 Å². The molecule has 1 aromatic rings. The molecule has 0 saturated heterocycles. The lowest BCUT2D eigenvalue weighted by molar-refractivity contribution is -0.116. The number of nitrogen functional groups attached to an aromatic ring is 1. The lowest BCUT2D eigenvalue weighted by atomic mass is 10.00. The Morgan fingerprint density at radius 3 is 2.82 bits per heavy atom. The number of nitrogens with two attached hydrogens (primary N) is 1. The van der Waals surface area contributed by atoms with Gasteiger partial charge in [-0.25, -0.2) is 8.42 Å². The molecule has 0 aliphatic carbocycles.